The maximum atomic E-state index is 11.8. The van der Waals surface area contributed by atoms with E-state index in [-0.39, 0.29) is 11.9 Å². The second-order valence-corrected chi connectivity index (χ2v) is 5.72. The summed E-state index contributed by atoms with van der Waals surface area (Å²) in [5, 5.41) is 14.5. The number of nitrogens with one attached hydrogen (secondary N) is 2. The maximum absolute atomic E-state index is 11.8. The molecule has 4 atom stereocenters. The number of carboxylic acids is 1. The predicted octanol–water partition coefficient (Wildman–Crippen LogP) is 2.22. The average molecular weight is 270 g/mol. The lowest BCUT2D eigenvalue weighted by Gasteiger charge is -2.22. The molecule has 1 aliphatic rings. The Balaban J connectivity index is 2.38. The molecule has 3 N–H and O–H groups in total. The van der Waals surface area contributed by atoms with E-state index in [0.717, 1.165) is 12.8 Å². The summed E-state index contributed by atoms with van der Waals surface area (Å²) >= 11 is 0. The van der Waals surface area contributed by atoms with Crippen LogP contribution in [0.5, 0.6) is 0 Å². The molecule has 0 aromatic heterocycles. The lowest BCUT2D eigenvalue weighted by atomic mass is 9.98. The fourth-order valence-electron chi connectivity index (χ4n) is 2.62. The third kappa shape index (κ3) is 4.73. The van der Waals surface area contributed by atoms with Crippen LogP contribution in [0, 0.1) is 17.8 Å². The highest BCUT2D eigenvalue weighted by molar-refractivity contribution is 5.82. The summed E-state index contributed by atoms with van der Waals surface area (Å²) in [5.74, 6) is 0.121. The van der Waals surface area contributed by atoms with E-state index in [4.69, 9.17) is 5.11 Å². The molecule has 0 radical (unpaired) electrons. The monoisotopic (exact) mass is 270 g/mol. The van der Waals surface area contributed by atoms with Gasteiger partial charge in [0.05, 0.1) is 0 Å². The van der Waals surface area contributed by atoms with Crippen molar-refractivity contribution in [3.05, 3.63) is 0 Å². The van der Waals surface area contributed by atoms with Crippen LogP contribution >= 0.6 is 0 Å². The van der Waals surface area contributed by atoms with Crippen molar-refractivity contribution in [2.45, 2.75) is 52.5 Å². The Labute approximate surface area is 115 Å². The quantitative estimate of drug-likeness (QED) is 0.692. The standard InChI is InChI=1S/C14H26N2O3/c1-4-9(2)12(13(17)18)16-14(19)15-8-11-7-5-6-10(11)3/h9-12H,4-8H2,1-3H3,(H,17,18)(H2,15,16,19)/t9?,10?,11?,12-/m0/s1. The number of carbonyl (C=O) groups excluding carboxylic acids is 1. The van der Waals surface area contributed by atoms with E-state index in [9.17, 15) is 9.59 Å². The molecule has 0 bridgehead atoms. The van der Waals surface area contributed by atoms with E-state index in [2.05, 4.69) is 17.6 Å². The Kier molecular flexibility index (Phi) is 6.12. The van der Waals surface area contributed by atoms with E-state index in [0.29, 0.717) is 18.4 Å². The molecular formula is C14H26N2O3. The zero-order valence-electron chi connectivity index (χ0n) is 12.1. The molecule has 0 saturated heterocycles. The summed E-state index contributed by atoms with van der Waals surface area (Å²) in [4.78, 5) is 22.9. The maximum Gasteiger partial charge on any atom is 0.326 e. The highest BCUT2D eigenvalue weighted by Gasteiger charge is 2.27. The molecule has 1 saturated carbocycles. The number of carboxylic acid groups (broad SMARTS) is 1. The summed E-state index contributed by atoms with van der Waals surface area (Å²) in [6, 6.07) is -1.18. The first-order chi connectivity index (χ1) is 8.95. The van der Waals surface area contributed by atoms with Gasteiger partial charge in [-0.2, -0.15) is 0 Å². The molecule has 3 unspecified atom stereocenters. The summed E-state index contributed by atoms with van der Waals surface area (Å²) in [7, 11) is 0. The molecule has 0 aromatic carbocycles. The molecule has 0 heterocycles. The molecule has 0 aliphatic heterocycles. The zero-order chi connectivity index (χ0) is 14.4. The van der Waals surface area contributed by atoms with Crippen molar-refractivity contribution in [1.29, 1.82) is 0 Å². The van der Waals surface area contributed by atoms with Crippen molar-refractivity contribution < 1.29 is 14.7 Å². The molecule has 0 aromatic rings. The minimum atomic E-state index is -0.973. The van der Waals surface area contributed by atoms with Crippen molar-refractivity contribution in [2.24, 2.45) is 17.8 Å². The number of hydrogen-bond donors (Lipinski definition) is 3. The predicted molar refractivity (Wildman–Crippen MR) is 73.9 cm³/mol. The van der Waals surface area contributed by atoms with Crippen molar-refractivity contribution in [2.75, 3.05) is 6.54 Å². The number of hydrogen-bond acceptors (Lipinski definition) is 2. The van der Waals surface area contributed by atoms with Gasteiger partial charge >= 0.3 is 12.0 Å². The van der Waals surface area contributed by atoms with Gasteiger partial charge in [0.1, 0.15) is 6.04 Å². The molecule has 1 aliphatic carbocycles. The van der Waals surface area contributed by atoms with Crippen LogP contribution in [0.25, 0.3) is 0 Å². The molecule has 110 valence electrons. The van der Waals surface area contributed by atoms with E-state index in [1.807, 2.05) is 13.8 Å². The molecule has 5 heteroatoms. The van der Waals surface area contributed by atoms with Gasteiger partial charge in [-0.15, -0.1) is 0 Å². The van der Waals surface area contributed by atoms with Gasteiger partial charge in [-0.1, -0.05) is 40.0 Å². The van der Waals surface area contributed by atoms with Crippen molar-refractivity contribution >= 4 is 12.0 Å². The third-order valence-electron chi connectivity index (χ3n) is 4.33. The number of rotatable bonds is 6. The van der Waals surface area contributed by atoms with Gasteiger partial charge in [-0.05, 0) is 24.2 Å². The first kappa shape index (κ1) is 15.8. The number of urea groups is 1. The highest BCUT2D eigenvalue weighted by Crippen LogP contribution is 2.30. The van der Waals surface area contributed by atoms with Gasteiger partial charge in [0.15, 0.2) is 0 Å². The smallest absolute Gasteiger partial charge is 0.326 e. The van der Waals surface area contributed by atoms with Gasteiger partial charge in [-0.3, -0.25) is 0 Å². The van der Waals surface area contributed by atoms with Gasteiger partial charge in [0.2, 0.25) is 0 Å². The van der Waals surface area contributed by atoms with E-state index in [1.165, 1.54) is 12.8 Å². The zero-order valence-corrected chi connectivity index (χ0v) is 12.1. The average Bonchev–Trinajstić information content (AvgIpc) is 2.77. The van der Waals surface area contributed by atoms with Gasteiger partial charge in [-0.25, -0.2) is 9.59 Å². The molecule has 1 fully saturated rings. The van der Waals surface area contributed by atoms with Crippen LogP contribution < -0.4 is 10.6 Å². The van der Waals surface area contributed by atoms with E-state index < -0.39 is 12.0 Å². The molecule has 19 heavy (non-hydrogen) atoms. The van der Waals surface area contributed by atoms with Crippen LogP contribution in [0.4, 0.5) is 4.79 Å². The molecule has 5 nitrogen and oxygen atoms in total. The molecule has 0 spiro atoms. The first-order valence-corrected chi connectivity index (χ1v) is 7.22. The van der Waals surface area contributed by atoms with Crippen LogP contribution in [0.3, 0.4) is 0 Å². The van der Waals surface area contributed by atoms with Gasteiger partial charge in [0, 0.05) is 6.54 Å². The Bertz CT molecular complexity index is 320. The second kappa shape index (κ2) is 7.36. The third-order valence-corrected chi connectivity index (χ3v) is 4.33. The Morgan fingerprint density at radius 2 is 2.05 bits per heavy atom. The number of amides is 2. The Morgan fingerprint density at radius 3 is 2.53 bits per heavy atom. The lowest BCUT2D eigenvalue weighted by Crippen LogP contribution is -2.49. The largest absolute Gasteiger partial charge is 0.480 e. The van der Waals surface area contributed by atoms with Crippen LogP contribution in [0.2, 0.25) is 0 Å². The van der Waals surface area contributed by atoms with Crippen LogP contribution in [-0.2, 0) is 4.79 Å². The fraction of sp³-hybridized carbons (Fsp3) is 0.857. The van der Waals surface area contributed by atoms with Crippen molar-refractivity contribution in [1.82, 2.24) is 10.6 Å². The van der Waals surface area contributed by atoms with E-state index >= 15 is 0 Å². The van der Waals surface area contributed by atoms with Crippen molar-refractivity contribution in [3.8, 4) is 0 Å². The highest BCUT2D eigenvalue weighted by atomic mass is 16.4. The number of aliphatic carboxylic acids is 1. The van der Waals surface area contributed by atoms with Crippen LogP contribution in [0.15, 0.2) is 0 Å². The SMILES string of the molecule is CCC(C)[C@H](NC(=O)NCC1CCCC1C)C(=O)O. The Morgan fingerprint density at radius 1 is 1.37 bits per heavy atom. The normalized spacial score (nSPS) is 25.6. The van der Waals surface area contributed by atoms with Gasteiger partial charge < -0.3 is 15.7 Å². The van der Waals surface area contributed by atoms with E-state index in [1.54, 1.807) is 0 Å². The van der Waals surface area contributed by atoms with Crippen LogP contribution in [0.1, 0.15) is 46.5 Å². The summed E-state index contributed by atoms with van der Waals surface area (Å²) < 4.78 is 0. The first-order valence-electron chi connectivity index (χ1n) is 7.22. The fourth-order valence-corrected chi connectivity index (χ4v) is 2.62. The van der Waals surface area contributed by atoms with Crippen LogP contribution in [-0.4, -0.2) is 29.7 Å². The second-order valence-electron chi connectivity index (χ2n) is 5.72. The molecule has 1 rings (SSSR count). The van der Waals surface area contributed by atoms with Crippen molar-refractivity contribution in [3.63, 3.8) is 0 Å². The Hall–Kier alpha value is -1.26. The lowest BCUT2D eigenvalue weighted by molar-refractivity contribution is -0.140. The van der Waals surface area contributed by atoms with Gasteiger partial charge in [0.25, 0.3) is 0 Å². The molecular weight excluding hydrogens is 244 g/mol. The summed E-state index contributed by atoms with van der Waals surface area (Å²) in [5.41, 5.74) is 0. The molecule has 2 amide bonds. The summed E-state index contributed by atoms with van der Waals surface area (Å²) in [6.45, 7) is 6.59. The topological polar surface area (TPSA) is 78.4 Å². The minimum Gasteiger partial charge on any atom is -0.480 e. The summed E-state index contributed by atoms with van der Waals surface area (Å²) in [6.07, 6.45) is 4.31. The number of carbonyl (C=O) groups is 2. The minimum absolute atomic E-state index is 0.0753.